The van der Waals surface area contributed by atoms with Gasteiger partial charge in [-0.15, -0.1) is 0 Å². The summed E-state index contributed by atoms with van der Waals surface area (Å²) >= 11 is 0. The highest BCUT2D eigenvalue weighted by Gasteiger charge is 2.36. The SMILES string of the molecule is CCC(CC1CC1CC)C(C)C. The minimum atomic E-state index is 0.896. The Bertz CT molecular complexity index is 126. The van der Waals surface area contributed by atoms with Crippen molar-refractivity contribution in [2.75, 3.05) is 0 Å². The lowest BCUT2D eigenvalue weighted by Gasteiger charge is -2.18. The molecule has 0 saturated heterocycles. The zero-order valence-corrected chi connectivity index (χ0v) is 9.14. The van der Waals surface area contributed by atoms with E-state index in [1.165, 1.54) is 25.7 Å². The van der Waals surface area contributed by atoms with Crippen LogP contribution in [0.5, 0.6) is 0 Å². The van der Waals surface area contributed by atoms with Crippen molar-refractivity contribution in [2.24, 2.45) is 23.7 Å². The second-order valence-corrected chi connectivity index (χ2v) is 4.81. The summed E-state index contributed by atoms with van der Waals surface area (Å²) in [5.41, 5.74) is 0. The third kappa shape index (κ3) is 2.50. The first-order valence-electron chi connectivity index (χ1n) is 5.69. The van der Waals surface area contributed by atoms with E-state index in [4.69, 9.17) is 0 Å². The quantitative estimate of drug-likeness (QED) is 0.579. The van der Waals surface area contributed by atoms with Crippen LogP contribution in [0.1, 0.15) is 53.4 Å². The van der Waals surface area contributed by atoms with E-state index in [-0.39, 0.29) is 0 Å². The molecule has 0 bridgehead atoms. The molecule has 3 unspecified atom stereocenters. The molecule has 0 spiro atoms. The normalized spacial score (nSPS) is 30.8. The van der Waals surface area contributed by atoms with Gasteiger partial charge in [-0.1, -0.05) is 40.5 Å². The highest BCUT2D eigenvalue weighted by Crippen LogP contribution is 2.46. The van der Waals surface area contributed by atoms with Crippen LogP contribution in [-0.4, -0.2) is 0 Å². The third-order valence-corrected chi connectivity index (χ3v) is 3.67. The van der Waals surface area contributed by atoms with E-state index < -0.39 is 0 Å². The topological polar surface area (TPSA) is 0 Å². The zero-order chi connectivity index (χ0) is 9.14. The van der Waals surface area contributed by atoms with Gasteiger partial charge in [0.15, 0.2) is 0 Å². The number of rotatable bonds is 5. The van der Waals surface area contributed by atoms with Gasteiger partial charge >= 0.3 is 0 Å². The van der Waals surface area contributed by atoms with E-state index in [0.29, 0.717) is 0 Å². The molecule has 0 N–H and O–H groups in total. The molecule has 0 heterocycles. The van der Waals surface area contributed by atoms with Crippen molar-refractivity contribution >= 4 is 0 Å². The average Bonchev–Trinajstić information content (AvgIpc) is 2.78. The zero-order valence-electron chi connectivity index (χ0n) is 9.14. The molecule has 0 heteroatoms. The van der Waals surface area contributed by atoms with Crippen molar-refractivity contribution < 1.29 is 0 Å². The van der Waals surface area contributed by atoms with E-state index >= 15 is 0 Å². The van der Waals surface area contributed by atoms with Crippen LogP contribution in [0, 0.1) is 23.7 Å². The molecule has 1 aliphatic carbocycles. The van der Waals surface area contributed by atoms with E-state index in [1.54, 1.807) is 0 Å². The summed E-state index contributed by atoms with van der Waals surface area (Å²) < 4.78 is 0. The molecule has 0 radical (unpaired) electrons. The Balaban J connectivity index is 2.21. The third-order valence-electron chi connectivity index (χ3n) is 3.67. The van der Waals surface area contributed by atoms with Crippen LogP contribution < -0.4 is 0 Å². The van der Waals surface area contributed by atoms with E-state index in [2.05, 4.69) is 27.7 Å². The van der Waals surface area contributed by atoms with E-state index in [1.807, 2.05) is 0 Å². The molecule has 1 fully saturated rings. The second kappa shape index (κ2) is 4.30. The highest BCUT2D eigenvalue weighted by atomic mass is 14.4. The predicted octanol–water partition coefficient (Wildman–Crippen LogP) is 4.10. The van der Waals surface area contributed by atoms with Crippen LogP contribution in [0.2, 0.25) is 0 Å². The molecule has 0 aromatic carbocycles. The van der Waals surface area contributed by atoms with Gasteiger partial charge in [-0.05, 0) is 36.5 Å². The van der Waals surface area contributed by atoms with Crippen molar-refractivity contribution in [3.05, 3.63) is 0 Å². The van der Waals surface area contributed by atoms with Crippen LogP contribution in [0.3, 0.4) is 0 Å². The Kier molecular flexibility index (Phi) is 3.61. The molecule has 1 saturated carbocycles. The molecule has 0 aromatic heterocycles. The van der Waals surface area contributed by atoms with E-state index in [9.17, 15) is 0 Å². The first-order chi connectivity index (χ1) is 5.69. The minimum Gasteiger partial charge on any atom is -0.0651 e. The van der Waals surface area contributed by atoms with Crippen molar-refractivity contribution in [1.29, 1.82) is 0 Å². The Morgan fingerprint density at radius 3 is 2.17 bits per heavy atom. The van der Waals surface area contributed by atoms with Gasteiger partial charge in [0.2, 0.25) is 0 Å². The maximum Gasteiger partial charge on any atom is -0.0380 e. The molecule has 12 heavy (non-hydrogen) atoms. The van der Waals surface area contributed by atoms with Crippen molar-refractivity contribution in [3.63, 3.8) is 0 Å². The van der Waals surface area contributed by atoms with Crippen LogP contribution in [0.4, 0.5) is 0 Å². The minimum absolute atomic E-state index is 0.896. The molecule has 3 atom stereocenters. The summed E-state index contributed by atoms with van der Waals surface area (Å²) in [6.07, 6.45) is 5.83. The first-order valence-corrected chi connectivity index (χ1v) is 5.69. The fourth-order valence-corrected chi connectivity index (χ4v) is 2.40. The molecule has 0 amide bonds. The molecule has 72 valence electrons. The smallest absolute Gasteiger partial charge is 0.0380 e. The van der Waals surface area contributed by atoms with Crippen LogP contribution >= 0.6 is 0 Å². The summed E-state index contributed by atoms with van der Waals surface area (Å²) in [4.78, 5) is 0. The fraction of sp³-hybridized carbons (Fsp3) is 1.00. The molecule has 0 nitrogen and oxygen atoms in total. The van der Waals surface area contributed by atoms with Crippen LogP contribution in [0.15, 0.2) is 0 Å². The summed E-state index contributed by atoms with van der Waals surface area (Å²) in [7, 11) is 0. The molecule has 1 aliphatic rings. The van der Waals surface area contributed by atoms with Gasteiger partial charge in [-0.3, -0.25) is 0 Å². The van der Waals surface area contributed by atoms with Gasteiger partial charge < -0.3 is 0 Å². The van der Waals surface area contributed by atoms with Crippen molar-refractivity contribution in [3.8, 4) is 0 Å². The summed E-state index contributed by atoms with van der Waals surface area (Å²) in [5.74, 6) is 4.08. The van der Waals surface area contributed by atoms with Crippen LogP contribution in [0.25, 0.3) is 0 Å². The summed E-state index contributed by atoms with van der Waals surface area (Å²) in [5, 5.41) is 0. The Labute approximate surface area is 77.7 Å². The predicted molar refractivity (Wildman–Crippen MR) is 55.1 cm³/mol. The van der Waals surface area contributed by atoms with Crippen molar-refractivity contribution in [1.82, 2.24) is 0 Å². The highest BCUT2D eigenvalue weighted by molar-refractivity contribution is 4.86. The average molecular weight is 168 g/mol. The monoisotopic (exact) mass is 168 g/mol. The maximum atomic E-state index is 2.37. The van der Waals surface area contributed by atoms with E-state index in [0.717, 1.165) is 23.7 Å². The van der Waals surface area contributed by atoms with Gasteiger partial charge in [0.1, 0.15) is 0 Å². The van der Waals surface area contributed by atoms with Gasteiger partial charge in [0.25, 0.3) is 0 Å². The summed E-state index contributed by atoms with van der Waals surface area (Å²) in [6.45, 7) is 9.42. The molecular weight excluding hydrogens is 144 g/mol. The first kappa shape index (κ1) is 10.1. The summed E-state index contributed by atoms with van der Waals surface area (Å²) in [6, 6.07) is 0. The Morgan fingerprint density at radius 2 is 1.83 bits per heavy atom. The maximum absolute atomic E-state index is 2.37. The lowest BCUT2D eigenvalue weighted by Crippen LogP contribution is -2.08. The largest absolute Gasteiger partial charge is 0.0651 e. The van der Waals surface area contributed by atoms with Crippen molar-refractivity contribution in [2.45, 2.75) is 53.4 Å². The second-order valence-electron chi connectivity index (χ2n) is 4.81. The Hall–Kier alpha value is 0. The number of hydrogen-bond donors (Lipinski definition) is 0. The molecule has 0 aromatic rings. The lowest BCUT2D eigenvalue weighted by atomic mass is 9.88. The number of hydrogen-bond acceptors (Lipinski definition) is 0. The van der Waals surface area contributed by atoms with Gasteiger partial charge in [0, 0.05) is 0 Å². The van der Waals surface area contributed by atoms with Gasteiger partial charge in [0.05, 0.1) is 0 Å². The fourth-order valence-electron chi connectivity index (χ4n) is 2.40. The van der Waals surface area contributed by atoms with Gasteiger partial charge in [-0.2, -0.15) is 0 Å². The van der Waals surface area contributed by atoms with Crippen LogP contribution in [-0.2, 0) is 0 Å². The lowest BCUT2D eigenvalue weighted by molar-refractivity contribution is 0.325. The Morgan fingerprint density at radius 1 is 1.17 bits per heavy atom. The molecular formula is C12H24. The van der Waals surface area contributed by atoms with Gasteiger partial charge in [-0.25, -0.2) is 0 Å². The standard InChI is InChI=1S/C12H24/c1-5-10(9(3)4)7-12-8-11(12)6-2/h9-12H,5-8H2,1-4H3. The molecule has 1 rings (SSSR count). The molecule has 0 aliphatic heterocycles.